The summed E-state index contributed by atoms with van der Waals surface area (Å²) in [4.78, 5) is 20.1. The zero-order chi connectivity index (χ0) is 33.7. The second kappa shape index (κ2) is 14.6. The molecule has 2 aromatic carbocycles. The second-order valence-electron chi connectivity index (χ2n) is 10.5. The van der Waals surface area contributed by atoms with Gasteiger partial charge in [-0.05, 0) is 60.8 Å². The summed E-state index contributed by atoms with van der Waals surface area (Å²) in [6.07, 6.45) is -0.482. The summed E-state index contributed by atoms with van der Waals surface area (Å²) < 4.78 is 52.9. The molecule has 3 aromatic heterocycles. The number of ether oxygens (including phenoxy) is 1. The van der Waals surface area contributed by atoms with E-state index in [-0.39, 0.29) is 12.4 Å². The molecule has 1 atom stereocenters. The number of alkyl halides is 3. The number of hydrogen-bond acceptors (Lipinski definition) is 9. The van der Waals surface area contributed by atoms with Crippen LogP contribution in [0.3, 0.4) is 0 Å². The maximum atomic E-state index is 13.5. The van der Waals surface area contributed by atoms with Crippen molar-refractivity contribution in [3.05, 3.63) is 82.6 Å². The van der Waals surface area contributed by atoms with Crippen molar-refractivity contribution in [1.29, 1.82) is 0 Å². The third-order valence-electron chi connectivity index (χ3n) is 7.13. The standard InChI is InChI=1S/C29H28ClFN6O2S.C2HF3O2/c1-2-32-12-20(38)14-37-24-8-7-21-26-28(33-16-34-29(26)40-27(21)22(24)13-35-37)36-19-6-9-25(23(30)11-19)39-15-17-4-3-5-18(31)10-17;3-2(4,5)1(6)7/h3-6,9-11,13,16,20,32,38H,2,7-8,12,14-15H2,1H3,(H,33,34,36);(H,6,7)/t20-;/m1./s1. The number of benzene rings is 2. The molecule has 3 heterocycles. The number of rotatable bonds is 10. The lowest BCUT2D eigenvalue weighted by Gasteiger charge is -2.18. The first-order valence-corrected chi connectivity index (χ1v) is 15.6. The van der Waals surface area contributed by atoms with Gasteiger partial charge in [-0.3, -0.25) is 4.68 Å². The number of hydrogen-bond donors (Lipinski definition) is 4. The number of nitrogens with zero attached hydrogens (tertiary/aromatic N) is 4. The Morgan fingerprint density at radius 3 is 2.68 bits per heavy atom. The largest absolute Gasteiger partial charge is 0.490 e. The van der Waals surface area contributed by atoms with Crippen molar-refractivity contribution in [3.63, 3.8) is 0 Å². The van der Waals surface area contributed by atoms with Gasteiger partial charge in [-0.2, -0.15) is 18.3 Å². The van der Waals surface area contributed by atoms with E-state index in [0.717, 1.165) is 57.0 Å². The van der Waals surface area contributed by atoms with Gasteiger partial charge in [0.05, 0.1) is 29.3 Å². The van der Waals surface area contributed by atoms with Gasteiger partial charge >= 0.3 is 12.1 Å². The summed E-state index contributed by atoms with van der Waals surface area (Å²) >= 11 is 8.16. The zero-order valence-corrected chi connectivity index (χ0v) is 26.4. The molecule has 0 fully saturated rings. The van der Waals surface area contributed by atoms with Crippen LogP contribution < -0.4 is 15.4 Å². The molecular weight excluding hydrogens is 664 g/mol. The average molecular weight is 693 g/mol. The highest BCUT2D eigenvalue weighted by molar-refractivity contribution is 7.22. The molecule has 47 heavy (non-hydrogen) atoms. The zero-order valence-electron chi connectivity index (χ0n) is 24.8. The molecule has 4 N–H and O–H groups in total. The molecule has 0 radical (unpaired) electrons. The predicted molar refractivity (Wildman–Crippen MR) is 170 cm³/mol. The fourth-order valence-corrected chi connectivity index (χ4v) is 6.46. The Hall–Kier alpha value is -4.31. The fraction of sp³-hybridized carbons (Fsp3) is 0.290. The molecule has 6 rings (SSSR count). The van der Waals surface area contributed by atoms with Crippen LogP contribution in [0.2, 0.25) is 5.02 Å². The van der Waals surface area contributed by atoms with Gasteiger partial charge in [0.15, 0.2) is 0 Å². The number of aliphatic carboxylic acids is 1. The molecule has 248 valence electrons. The second-order valence-corrected chi connectivity index (χ2v) is 11.9. The molecule has 0 saturated heterocycles. The first kappa shape index (κ1) is 34.0. The highest BCUT2D eigenvalue weighted by Gasteiger charge is 2.38. The molecule has 0 spiro atoms. The minimum Gasteiger partial charge on any atom is -0.487 e. The molecule has 1 aliphatic rings. The molecule has 0 bridgehead atoms. The number of carboxylic acids is 1. The summed E-state index contributed by atoms with van der Waals surface area (Å²) in [5.74, 6) is -1.84. The minimum atomic E-state index is -5.08. The number of nitrogens with one attached hydrogen (secondary N) is 2. The van der Waals surface area contributed by atoms with Crippen molar-refractivity contribution in [2.75, 3.05) is 18.4 Å². The number of thiophene rings is 1. The topological polar surface area (TPSA) is 134 Å². The number of carbonyl (C=O) groups is 1. The highest BCUT2D eigenvalue weighted by atomic mass is 35.5. The smallest absolute Gasteiger partial charge is 0.487 e. The van der Waals surface area contributed by atoms with E-state index in [9.17, 15) is 22.7 Å². The minimum absolute atomic E-state index is 0.213. The van der Waals surface area contributed by atoms with E-state index in [1.54, 1.807) is 41.9 Å². The summed E-state index contributed by atoms with van der Waals surface area (Å²) in [7, 11) is 0. The Morgan fingerprint density at radius 1 is 1.19 bits per heavy atom. The number of aliphatic hydroxyl groups is 1. The Bertz CT molecular complexity index is 1880. The third-order valence-corrected chi connectivity index (χ3v) is 8.60. The van der Waals surface area contributed by atoms with E-state index in [1.807, 2.05) is 23.9 Å². The van der Waals surface area contributed by atoms with Gasteiger partial charge in [0.2, 0.25) is 0 Å². The van der Waals surface area contributed by atoms with E-state index in [1.165, 1.54) is 17.7 Å². The molecule has 16 heteroatoms. The molecule has 10 nitrogen and oxygen atoms in total. The SMILES string of the molecule is CCNC[C@@H](O)Cn1ncc2c1CCc1c-2sc2ncnc(Nc3ccc(OCc4cccc(F)c4)c(Cl)c3)c12.O=C(O)C(F)(F)F. The lowest BCUT2D eigenvalue weighted by atomic mass is 9.95. The lowest BCUT2D eigenvalue weighted by molar-refractivity contribution is -0.192. The van der Waals surface area contributed by atoms with Crippen molar-refractivity contribution < 1.29 is 37.3 Å². The summed E-state index contributed by atoms with van der Waals surface area (Å²) in [5.41, 5.74) is 4.92. The van der Waals surface area contributed by atoms with Crippen molar-refractivity contribution in [2.45, 2.75) is 45.2 Å². The van der Waals surface area contributed by atoms with E-state index < -0.39 is 18.2 Å². The van der Waals surface area contributed by atoms with Crippen LogP contribution in [0.1, 0.15) is 23.7 Å². The van der Waals surface area contributed by atoms with Gasteiger partial charge in [0.25, 0.3) is 0 Å². The molecule has 0 amide bonds. The average Bonchev–Trinajstić information content (AvgIpc) is 3.61. The fourth-order valence-electron chi connectivity index (χ4n) is 5.00. The van der Waals surface area contributed by atoms with Gasteiger partial charge in [-0.1, -0.05) is 30.7 Å². The van der Waals surface area contributed by atoms with E-state index in [0.29, 0.717) is 29.7 Å². The van der Waals surface area contributed by atoms with Crippen molar-refractivity contribution in [3.8, 4) is 16.2 Å². The lowest BCUT2D eigenvalue weighted by Crippen LogP contribution is -2.31. The monoisotopic (exact) mass is 692 g/mol. The van der Waals surface area contributed by atoms with Gasteiger partial charge in [-0.15, -0.1) is 11.3 Å². The number of likely N-dealkylation sites (N-methyl/N-ethyl adjacent to an activating group) is 1. The van der Waals surface area contributed by atoms with Crippen LogP contribution in [0.25, 0.3) is 20.7 Å². The first-order chi connectivity index (χ1) is 22.4. The van der Waals surface area contributed by atoms with E-state index in [2.05, 4.69) is 25.7 Å². The molecule has 0 aliphatic heterocycles. The summed E-state index contributed by atoms with van der Waals surface area (Å²) in [5, 5.41) is 30.1. The van der Waals surface area contributed by atoms with Crippen molar-refractivity contribution in [1.82, 2.24) is 25.1 Å². The van der Waals surface area contributed by atoms with Crippen molar-refractivity contribution in [2.24, 2.45) is 0 Å². The number of aryl methyl sites for hydroxylation is 1. The van der Waals surface area contributed by atoms with Gasteiger partial charge < -0.3 is 25.6 Å². The summed E-state index contributed by atoms with van der Waals surface area (Å²) in [6, 6.07) is 11.7. The van der Waals surface area contributed by atoms with Crippen LogP contribution in [-0.4, -0.2) is 61.3 Å². The number of carboxylic acid groups (broad SMARTS) is 1. The van der Waals surface area contributed by atoms with Crippen LogP contribution in [0.5, 0.6) is 5.75 Å². The normalized spacial score (nSPS) is 12.9. The van der Waals surface area contributed by atoms with Crippen molar-refractivity contribution >= 4 is 50.6 Å². The molecule has 1 aliphatic carbocycles. The quantitative estimate of drug-likeness (QED) is 0.123. The maximum absolute atomic E-state index is 13.5. The van der Waals surface area contributed by atoms with Crippen LogP contribution in [0.4, 0.5) is 29.1 Å². The Balaban J connectivity index is 0.000000559. The van der Waals surface area contributed by atoms with E-state index >= 15 is 0 Å². The molecule has 5 aromatic rings. The maximum Gasteiger partial charge on any atom is 0.490 e. The van der Waals surface area contributed by atoms with Crippen LogP contribution in [0, 0.1) is 5.82 Å². The van der Waals surface area contributed by atoms with Gasteiger partial charge in [-0.25, -0.2) is 19.2 Å². The van der Waals surface area contributed by atoms with Gasteiger partial charge in [0, 0.05) is 28.4 Å². The Morgan fingerprint density at radius 2 is 1.98 bits per heavy atom. The number of fused-ring (bicyclic) bond motifs is 5. The van der Waals surface area contributed by atoms with Gasteiger partial charge in [0.1, 0.15) is 35.1 Å². The number of halogens is 5. The molecular formula is C31H29ClF4N6O4S. The molecule has 0 saturated carbocycles. The number of aliphatic hydroxyl groups excluding tert-OH is 1. The third kappa shape index (κ3) is 8.16. The van der Waals surface area contributed by atoms with Crippen LogP contribution in [0.15, 0.2) is 55.0 Å². The molecule has 0 unspecified atom stereocenters. The van der Waals surface area contributed by atoms with E-state index in [4.69, 9.17) is 26.2 Å². The van der Waals surface area contributed by atoms with Crippen LogP contribution >= 0.6 is 22.9 Å². The summed E-state index contributed by atoms with van der Waals surface area (Å²) in [6.45, 7) is 4.04. The predicted octanol–water partition coefficient (Wildman–Crippen LogP) is 6.37. The Labute approximate surface area is 275 Å². The van der Waals surface area contributed by atoms with Crippen LogP contribution in [-0.2, 0) is 30.8 Å². The number of aromatic nitrogens is 4. The first-order valence-electron chi connectivity index (χ1n) is 14.4. The highest BCUT2D eigenvalue weighted by Crippen LogP contribution is 2.45. The number of anilines is 2. The Kier molecular flexibility index (Phi) is 10.6.